The average Bonchev–Trinajstić information content (AvgIpc) is 2.27. The van der Waals surface area contributed by atoms with Crippen LogP contribution in [0.5, 0.6) is 5.75 Å². The summed E-state index contributed by atoms with van der Waals surface area (Å²) in [4.78, 5) is 2.08. The molecule has 0 bridgehead atoms. The molecule has 17 heavy (non-hydrogen) atoms. The molecule has 92 valence electrons. The molecule has 0 atom stereocenters. The molecule has 0 aliphatic rings. The molecular weight excluding hydrogens is 302 g/mol. The molecule has 0 spiro atoms. The minimum Gasteiger partial charge on any atom is -0.497 e. The molecule has 0 unspecified atom stereocenters. The van der Waals surface area contributed by atoms with E-state index in [0.717, 1.165) is 15.9 Å². The summed E-state index contributed by atoms with van der Waals surface area (Å²) < 4.78 is 6.02. The number of hydrogen-bond acceptors (Lipinski definition) is 2. The molecule has 0 radical (unpaired) electrons. The average molecular weight is 317 g/mol. The van der Waals surface area contributed by atoms with Crippen LogP contribution in [0.4, 0.5) is 5.69 Å². The van der Waals surface area contributed by atoms with Crippen molar-refractivity contribution in [1.29, 1.82) is 0 Å². The predicted octanol–water partition coefficient (Wildman–Crippen LogP) is 4.25. The van der Waals surface area contributed by atoms with Crippen molar-refractivity contribution in [3.63, 3.8) is 0 Å². The van der Waals surface area contributed by atoms with Crippen molar-refractivity contribution in [2.45, 2.75) is 0 Å². The molecule has 0 saturated carbocycles. The summed E-state index contributed by atoms with van der Waals surface area (Å²) >= 11 is 9.58. The minimum absolute atomic E-state index is 0.653. The van der Waals surface area contributed by atoms with E-state index in [4.69, 9.17) is 16.3 Å². The van der Waals surface area contributed by atoms with Gasteiger partial charge in [0.25, 0.3) is 0 Å². The van der Waals surface area contributed by atoms with Crippen LogP contribution in [0.3, 0.4) is 0 Å². The van der Waals surface area contributed by atoms with Crippen molar-refractivity contribution >= 4 is 33.2 Å². The maximum absolute atomic E-state index is 6.22. The van der Waals surface area contributed by atoms with Crippen molar-refractivity contribution in [2.24, 2.45) is 0 Å². The second-order valence-electron chi connectivity index (χ2n) is 3.50. The molecule has 1 rings (SSSR count). The minimum atomic E-state index is 0.653. The number of nitrogens with zero attached hydrogens (tertiary/aromatic N) is 1. The standard InChI is InChI=1S/C13H15BrClNO/c1-4-7-16(9-10(2)14)13-6-5-11(17-3)8-12(13)15/h4-6,8H,1-2,7,9H2,3H3. The van der Waals surface area contributed by atoms with Crippen molar-refractivity contribution in [3.05, 3.63) is 46.9 Å². The van der Waals surface area contributed by atoms with Crippen LogP contribution >= 0.6 is 27.5 Å². The lowest BCUT2D eigenvalue weighted by Crippen LogP contribution is -2.24. The molecule has 0 amide bonds. The SMILES string of the molecule is C=CCN(CC(=C)Br)c1ccc(OC)cc1Cl. The third-order valence-electron chi connectivity index (χ3n) is 2.21. The molecule has 0 aliphatic carbocycles. The second kappa shape index (κ2) is 6.72. The molecular formula is C13H15BrClNO. The highest BCUT2D eigenvalue weighted by Crippen LogP contribution is 2.30. The van der Waals surface area contributed by atoms with E-state index in [0.29, 0.717) is 18.1 Å². The zero-order valence-corrected chi connectivity index (χ0v) is 12.1. The lowest BCUT2D eigenvalue weighted by atomic mass is 10.2. The third-order valence-corrected chi connectivity index (χ3v) is 2.76. The molecule has 0 heterocycles. The number of rotatable bonds is 6. The Kier molecular flexibility index (Phi) is 5.59. The molecule has 1 aromatic carbocycles. The van der Waals surface area contributed by atoms with Crippen molar-refractivity contribution < 1.29 is 4.74 Å². The van der Waals surface area contributed by atoms with Crippen LogP contribution < -0.4 is 9.64 Å². The number of benzene rings is 1. The predicted molar refractivity (Wildman–Crippen MR) is 78.5 cm³/mol. The van der Waals surface area contributed by atoms with Crippen LogP contribution in [-0.4, -0.2) is 20.2 Å². The molecule has 4 heteroatoms. The van der Waals surface area contributed by atoms with E-state index in [2.05, 4.69) is 34.0 Å². The van der Waals surface area contributed by atoms with Gasteiger partial charge in [0.2, 0.25) is 0 Å². The highest BCUT2D eigenvalue weighted by Gasteiger charge is 2.10. The van der Waals surface area contributed by atoms with Crippen molar-refractivity contribution in [2.75, 3.05) is 25.1 Å². The van der Waals surface area contributed by atoms with Gasteiger partial charge in [-0.15, -0.1) is 6.58 Å². The normalized spacial score (nSPS) is 9.82. The monoisotopic (exact) mass is 315 g/mol. The topological polar surface area (TPSA) is 12.5 Å². The maximum Gasteiger partial charge on any atom is 0.120 e. The van der Waals surface area contributed by atoms with Crippen LogP contribution in [0.25, 0.3) is 0 Å². The summed E-state index contributed by atoms with van der Waals surface area (Å²) in [5.74, 6) is 0.745. The van der Waals surface area contributed by atoms with Crippen LogP contribution in [0.2, 0.25) is 5.02 Å². The molecule has 0 aromatic heterocycles. The summed E-state index contributed by atoms with van der Waals surface area (Å²) in [6, 6.07) is 5.61. The Morgan fingerprint density at radius 2 is 2.29 bits per heavy atom. The van der Waals surface area contributed by atoms with E-state index >= 15 is 0 Å². The van der Waals surface area contributed by atoms with Gasteiger partial charge in [-0.1, -0.05) is 40.2 Å². The van der Waals surface area contributed by atoms with Gasteiger partial charge in [-0.3, -0.25) is 0 Å². The number of hydrogen-bond donors (Lipinski definition) is 0. The van der Waals surface area contributed by atoms with Crippen molar-refractivity contribution in [3.8, 4) is 5.75 Å². The first kappa shape index (κ1) is 14.1. The van der Waals surface area contributed by atoms with Gasteiger partial charge in [-0.2, -0.15) is 0 Å². The van der Waals surface area contributed by atoms with E-state index in [1.54, 1.807) is 13.2 Å². The largest absolute Gasteiger partial charge is 0.497 e. The Morgan fingerprint density at radius 3 is 2.76 bits per heavy atom. The quantitative estimate of drug-likeness (QED) is 0.728. The lowest BCUT2D eigenvalue weighted by molar-refractivity contribution is 0.415. The Balaban J connectivity index is 3.00. The summed E-state index contributed by atoms with van der Waals surface area (Å²) in [6.45, 7) is 8.96. The molecule has 2 nitrogen and oxygen atoms in total. The highest BCUT2D eigenvalue weighted by molar-refractivity contribution is 9.11. The van der Waals surface area contributed by atoms with Crippen LogP contribution in [0, 0.1) is 0 Å². The number of methoxy groups -OCH3 is 1. The fourth-order valence-corrected chi connectivity index (χ4v) is 2.07. The highest BCUT2D eigenvalue weighted by atomic mass is 79.9. The fraction of sp³-hybridized carbons (Fsp3) is 0.231. The molecule has 0 N–H and O–H groups in total. The van der Waals surface area contributed by atoms with Gasteiger partial charge in [-0.25, -0.2) is 0 Å². The lowest BCUT2D eigenvalue weighted by Gasteiger charge is -2.24. The Hall–Kier alpha value is -0.930. The van der Waals surface area contributed by atoms with Gasteiger partial charge in [0.1, 0.15) is 5.75 Å². The zero-order chi connectivity index (χ0) is 12.8. The maximum atomic E-state index is 6.22. The Bertz CT molecular complexity index is 420. The van der Waals surface area contributed by atoms with Gasteiger partial charge in [0.05, 0.1) is 17.8 Å². The molecule has 0 fully saturated rings. The first-order valence-corrected chi connectivity index (χ1v) is 6.28. The van der Waals surface area contributed by atoms with Crippen molar-refractivity contribution in [1.82, 2.24) is 0 Å². The van der Waals surface area contributed by atoms with Crippen LogP contribution in [0.15, 0.2) is 41.9 Å². The molecule has 1 aromatic rings. The summed E-state index contributed by atoms with van der Waals surface area (Å²) in [5, 5.41) is 0.653. The van der Waals surface area contributed by atoms with Crippen LogP contribution in [0.1, 0.15) is 0 Å². The summed E-state index contributed by atoms with van der Waals surface area (Å²) in [7, 11) is 1.62. The smallest absolute Gasteiger partial charge is 0.120 e. The van der Waals surface area contributed by atoms with E-state index < -0.39 is 0 Å². The molecule has 0 saturated heterocycles. The molecule has 0 aliphatic heterocycles. The van der Waals surface area contributed by atoms with Gasteiger partial charge in [-0.05, 0) is 12.1 Å². The number of anilines is 1. The third kappa shape index (κ3) is 4.10. The van der Waals surface area contributed by atoms with E-state index in [-0.39, 0.29) is 0 Å². The first-order valence-electron chi connectivity index (χ1n) is 5.11. The van der Waals surface area contributed by atoms with E-state index in [1.165, 1.54) is 0 Å². The second-order valence-corrected chi connectivity index (χ2v) is 5.03. The van der Waals surface area contributed by atoms with Gasteiger partial charge in [0, 0.05) is 23.6 Å². The van der Waals surface area contributed by atoms with Gasteiger partial charge >= 0.3 is 0 Å². The first-order chi connectivity index (χ1) is 8.08. The van der Waals surface area contributed by atoms with Gasteiger partial charge in [0.15, 0.2) is 0 Å². The summed E-state index contributed by atoms with van der Waals surface area (Å²) in [6.07, 6.45) is 1.83. The fourth-order valence-electron chi connectivity index (χ4n) is 1.48. The Morgan fingerprint density at radius 1 is 1.59 bits per heavy atom. The Labute approximate surface area is 116 Å². The zero-order valence-electron chi connectivity index (χ0n) is 9.75. The van der Waals surface area contributed by atoms with E-state index in [9.17, 15) is 0 Å². The van der Waals surface area contributed by atoms with Gasteiger partial charge < -0.3 is 9.64 Å². The van der Waals surface area contributed by atoms with E-state index in [1.807, 2.05) is 18.2 Å². The number of ether oxygens (including phenoxy) is 1. The number of halogens is 2. The van der Waals surface area contributed by atoms with Crippen LogP contribution in [-0.2, 0) is 0 Å². The summed E-state index contributed by atoms with van der Waals surface area (Å²) in [5.41, 5.74) is 0.938.